The minimum absolute atomic E-state index is 0.117. The highest BCUT2D eigenvalue weighted by molar-refractivity contribution is 7.92. The van der Waals surface area contributed by atoms with Crippen LogP contribution in [0.1, 0.15) is 25.0 Å². The van der Waals surface area contributed by atoms with Crippen LogP contribution in [-0.4, -0.2) is 50.5 Å². The van der Waals surface area contributed by atoms with Gasteiger partial charge in [-0.15, -0.1) is 0 Å². The summed E-state index contributed by atoms with van der Waals surface area (Å²) < 4.78 is 53.8. The highest BCUT2D eigenvalue weighted by atomic mass is 35.5. The Balaban J connectivity index is 2.08. The second kappa shape index (κ2) is 14.1. The number of hydrogen-bond donors (Lipinski definition) is 1. The molecule has 0 aromatic heterocycles. The molecule has 1 atom stereocenters. The fourth-order valence-electron chi connectivity index (χ4n) is 4.06. The van der Waals surface area contributed by atoms with Crippen molar-refractivity contribution in [2.24, 2.45) is 5.92 Å². The summed E-state index contributed by atoms with van der Waals surface area (Å²) in [5, 5.41) is 3.48. The Morgan fingerprint density at radius 3 is 2.22 bits per heavy atom. The lowest BCUT2D eigenvalue weighted by atomic mass is 10.0. The van der Waals surface area contributed by atoms with E-state index < -0.39 is 46.1 Å². The molecule has 220 valence electrons. The van der Waals surface area contributed by atoms with Crippen LogP contribution in [0.2, 0.25) is 10.0 Å². The Morgan fingerprint density at radius 2 is 1.63 bits per heavy atom. The first-order valence-corrected chi connectivity index (χ1v) is 15.3. The van der Waals surface area contributed by atoms with Gasteiger partial charge in [-0.05, 0) is 41.3 Å². The number of halogens is 4. The Kier molecular flexibility index (Phi) is 11.1. The highest BCUT2D eigenvalue weighted by Gasteiger charge is 2.33. The molecule has 12 heteroatoms. The summed E-state index contributed by atoms with van der Waals surface area (Å²) in [6.07, 6.45) is 0.963. The third kappa shape index (κ3) is 9.14. The van der Waals surface area contributed by atoms with Crippen molar-refractivity contribution in [3.63, 3.8) is 0 Å². The fraction of sp³-hybridized carbons (Fsp3) is 0.310. The number of rotatable bonds is 12. The van der Waals surface area contributed by atoms with Crippen LogP contribution >= 0.6 is 23.2 Å². The number of benzene rings is 3. The zero-order valence-corrected chi connectivity index (χ0v) is 25.1. The number of anilines is 1. The van der Waals surface area contributed by atoms with E-state index in [1.807, 2.05) is 32.0 Å². The lowest BCUT2D eigenvalue weighted by Crippen LogP contribution is -2.53. The van der Waals surface area contributed by atoms with Gasteiger partial charge in [0.05, 0.1) is 11.9 Å². The zero-order valence-electron chi connectivity index (χ0n) is 22.8. The maximum atomic E-state index is 14.0. The van der Waals surface area contributed by atoms with Crippen molar-refractivity contribution < 1.29 is 26.8 Å². The molecule has 0 fully saturated rings. The molecule has 0 saturated carbocycles. The van der Waals surface area contributed by atoms with E-state index in [0.29, 0.717) is 27.5 Å². The number of hydrogen-bond acceptors (Lipinski definition) is 4. The molecular formula is C29H31Cl2F2N3O4S. The lowest BCUT2D eigenvalue weighted by Gasteiger charge is -2.34. The molecule has 0 bridgehead atoms. The first-order valence-electron chi connectivity index (χ1n) is 12.7. The van der Waals surface area contributed by atoms with Crippen LogP contribution in [0, 0.1) is 17.6 Å². The average Bonchev–Trinajstić information content (AvgIpc) is 2.90. The zero-order chi connectivity index (χ0) is 30.3. The number of carbonyl (C=O) groups excluding carboxylic acids is 2. The average molecular weight is 627 g/mol. The summed E-state index contributed by atoms with van der Waals surface area (Å²) in [5.41, 5.74) is 0.990. The smallest absolute Gasteiger partial charge is 0.244 e. The van der Waals surface area contributed by atoms with E-state index in [-0.39, 0.29) is 29.6 Å². The van der Waals surface area contributed by atoms with Crippen LogP contribution in [-0.2, 0) is 32.6 Å². The molecular weight excluding hydrogens is 595 g/mol. The molecule has 3 aromatic rings. The summed E-state index contributed by atoms with van der Waals surface area (Å²) in [6.45, 7) is 3.26. The summed E-state index contributed by atoms with van der Waals surface area (Å²) in [4.78, 5) is 28.8. The molecule has 41 heavy (non-hydrogen) atoms. The molecule has 3 aromatic carbocycles. The summed E-state index contributed by atoms with van der Waals surface area (Å²) >= 11 is 12.5. The van der Waals surface area contributed by atoms with E-state index in [1.165, 1.54) is 11.0 Å². The molecule has 3 rings (SSSR count). The molecule has 1 N–H and O–H groups in total. The Labute approximate surface area is 249 Å². The highest BCUT2D eigenvalue weighted by Crippen LogP contribution is 2.26. The van der Waals surface area contributed by atoms with E-state index in [0.717, 1.165) is 24.0 Å². The largest absolute Gasteiger partial charge is 0.354 e. The van der Waals surface area contributed by atoms with Gasteiger partial charge in [-0.25, -0.2) is 17.2 Å². The standard InChI is InChI=1S/C29H31Cl2F2N3O4S/c1-19(2)16-34-29(38)27(13-20-7-5-4-6-8-20)35(17-21-9-10-22(30)14-24(21)31)28(37)18-36(41(3,39)40)23-11-12-25(32)26(33)15-23/h4-12,14-15,19,27H,13,16-18H2,1-3H3,(H,34,38)/t27-/m0/s1. The lowest BCUT2D eigenvalue weighted by molar-refractivity contribution is -0.140. The molecule has 0 aliphatic carbocycles. The van der Waals surface area contributed by atoms with Crippen molar-refractivity contribution in [1.29, 1.82) is 0 Å². The quantitative estimate of drug-likeness (QED) is 0.290. The second-order valence-electron chi connectivity index (χ2n) is 9.97. The Hall–Kier alpha value is -3.21. The SMILES string of the molecule is CC(C)CNC(=O)[C@H](Cc1ccccc1)N(Cc1ccc(Cl)cc1Cl)C(=O)CN(c1ccc(F)c(F)c1)S(C)(=O)=O. The molecule has 0 spiro atoms. The van der Waals surface area contributed by atoms with Crippen LogP contribution < -0.4 is 9.62 Å². The molecule has 0 aliphatic rings. The van der Waals surface area contributed by atoms with Gasteiger partial charge in [-0.2, -0.15) is 0 Å². The van der Waals surface area contributed by atoms with Gasteiger partial charge in [0.15, 0.2) is 11.6 Å². The number of nitrogens with zero attached hydrogens (tertiary/aromatic N) is 2. The molecule has 0 saturated heterocycles. The van der Waals surface area contributed by atoms with Crippen molar-refractivity contribution >= 4 is 50.7 Å². The van der Waals surface area contributed by atoms with Crippen molar-refractivity contribution in [3.8, 4) is 0 Å². The minimum Gasteiger partial charge on any atom is -0.354 e. The van der Waals surface area contributed by atoms with E-state index in [9.17, 15) is 26.8 Å². The van der Waals surface area contributed by atoms with Gasteiger partial charge in [-0.1, -0.05) is 73.4 Å². The first-order chi connectivity index (χ1) is 19.3. The van der Waals surface area contributed by atoms with Gasteiger partial charge in [0.1, 0.15) is 12.6 Å². The van der Waals surface area contributed by atoms with Gasteiger partial charge in [-0.3, -0.25) is 13.9 Å². The number of amides is 2. The van der Waals surface area contributed by atoms with Crippen LogP contribution in [0.3, 0.4) is 0 Å². The van der Waals surface area contributed by atoms with Crippen LogP contribution in [0.25, 0.3) is 0 Å². The first kappa shape index (κ1) is 32.3. The third-order valence-corrected chi connectivity index (χ3v) is 7.91. The normalized spacial score (nSPS) is 12.2. The molecule has 0 unspecified atom stereocenters. The van der Waals surface area contributed by atoms with Gasteiger partial charge in [0.2, 0.25) is 21.8 Å². The number of nitrogens with one attached hydrogen (secondary N) is 1. The molecule has 7 nitrogen and oxygen atoms in total. The number of sulfonamides is 1. The van der Waals surface area contributed by atoms with Crippen molar-refractivity contribution in [3.05, 3.63) is 99.5 Å². The van der Waals surface area contributed by atoms with Gasteiger partial charge < -0.3 is 10.2 Å². The maximum absolute atomic E-state index is 14.0. The van der Waals surface area contributed by atoms with Gasteiger partial charge in [0.25, 0.3) is 0 Å². The second-order valence-corrected chi connectivity index (χ2v) is 12.7. The van der Waals surface area contributed by atoms with Gasteiger partial charge >= 0.3 is 0 Å². The Morgan fingerprint density at radius 1 is 0.951 bits per heavy atom. The predicted molar refractivity (Wildman–Crippen MR) is 157 cm³/mol. The van der Waals surface area contributed by atoms with E-state index in [4.69, 9.17) is 23.2 Å². The minimum atomic E-state index is -4.14. The summed E-state index contributed by atoms with van der Waals surface area (Å²) in [7, 11) is -4.14. The molecule has 0 heterocycles. The van der Waals surface area contributed by atoms with Crippen LogP contribution in [0.4, 0.5) is 14.5 Å². The summed E-state index contributed by atoms with van der Waals surface area (Å²) in [6, 6.07) is 15.2. The maximum Gasteiger partial charge on any atom is 0.244 e. The monoisotopic (exact) mass is 625 g/mol. The van der Waals surface area contributed by atoms with E-state index in [2.05, 4.69) is 5.32 Å². The van der Waals surface area contributed by atoms with Gasteiger partial charge in [0, 0.05) is 35.6 Å². The van der Waals surface area contributed by atoms with Crippen LogP contribution in [0.5, 0.6) is 0 Å². The molecule has 2 amide bonds. The van der Waals surface area contributed by atoms with E-state index in [1.54, 1.807) is 24.3 Å². The van der Waals surface area contributed by atoms with Crippen molar-refractivity contribution in [2.45, 2.75) is 32.9 Å². The third-order valence-electron chi connectivity index (χ3n) is 6.18. The fourth-order valence-corrected chi connectivity index (χ4v) is 5.37. The molecule has 0 radical (unpaired) electrons. The summed E-state index contributed by atoms with van der Waals surface area (Å²) in [5.74, 6) is -3.52. The van der Waals surface area contributed by atoms with Crippen molar-refractivity contribution in [1.82, 2.24) is 10.2 Å². The predicted octanol–water partition coefficient (Wildman–Crippen LogP) is 5.45. The Bertz CT molecular complexity index is 1490. The van der Waals surface area contributed by atoms with E-state index >= 15 is 0 Å². The topological polar surface area (TPSA) is 86.8 Å². The molecule has 0 aliphatic heterocycles. The van der Waals surface area contributed by atoms with Crippen molar-refractivity contribution in [2.75, 3.05) is 23.7 Å². The van der Waals surface area contributed by atoms with Crippen LogP contribution in [0.15, 0.2) is 66.7 Å². The number of carbonyl (C=O) groups is 2.